The van der Waals surface area contributed by atoms with E-state index in [0.29, 0.717) is 11.4 Å². The van der Waals surface area contributed by atoms with Gasteiger partial charge in [0, 0.05) is 10.4 Å². The number of rotatable bonds is 7. The van der Waals surface area contributed by atoms with Crippen LogP contribution in [0.3, 0.4) is 0 Å². The molecule has 1 atom stereocenters. The van der Waals surface area contributed by atoms with Gasteiger partial charge in [-0.05, 0) is 39.4 Å². The summed E-state index contributed by atoms with van der Waals surface area (Å²) in [5.41, 5.74) is 4.67. The highest BCUT2D eigenvalue weighted by atomic mass is 32.1. The molecule has 4 aromatic carbocycles. The standard InChI is InChI=1S/C32H25N3O2S/c1-2-26-27(24-18-10-14-21-13-6-7-15-22(21)24)28-30(33-19-34-31(28)38-26)35-29(32(36)37)25-17-9-8-16-23(25)20-11-4-3-5-12-20/h3-19,29H,2H2,1H3,(H,36,37)(H,33,34,35)/t29-/m1/s1. The van der Waals surface area contributed by atoms with Crippen LogP contribution in [0.15, 0.2) is 103 Å². The average Bonchev–Trinajstić information content (AvgIpc) is 3.35. The van der Waals surface area contributed by atoms with E-state index in [1.165, 1.54) is 11.2 Å². The molecule has 0 saturated heterocycles. The van der Waals surface area contributed by atoms with Crippen molar-refractivity contribution in [2.45, 2.75) is 19.4 Å². The summed E-state index contributed by atoms with van der Waals surface area (Å²) >= 11 is 1.63. The van der Waals surface area contributed by atoms with Crippen molar-refractivity contribution in [3.63, 3.8) is 0 Å². The Bertz CT molecular complexity index is 1770. The molecule has 0 amide bonds. The van der Waals surface area contributed by atoms with Crippen molar-refractivity contribution in [2.24, 2.45) is 0 Å². The molecule has 2 aromatic heterocycles. The molecule has 5 nitrogen and oxygen atoms in total. The fraction of sp³-hybridized carbons (Fsp3) is 0.0938. The molecule has 0 saturated carbocycles. The number of carbonyl (C=O) groups is 1. The van der Waals surface area contributed by atoms with Crippen LogP contribution in [0.4, 0.5) is 5.82 Å². The topological polar surface area (TPSA) is 75.1 Å². The van der Waals surface area contributed by atoms with Gasteiger partial charge in [-0.3, -0.25) is 0 Å². The predicted octanol–water partition coefficient (Wildman–Crippen LogP) is 7.98. The van der Waals surface area contributed by atoms with Crippen LogP contribution in [0.25, 0.3) is 43.2 Å². The molecule has 0 spiro atoms. The number of anilines is 1. The van der Waals surface area contributed by atoms with E-state index in [1.807, 2.05) is 66.7 Å². The van der Waals surface area contributed by atoms with Crippen LogP contribution < -0.4 is 5.32 Å². The molecule has 6 rings (SSSR count). The summed E-state index contributed by atoms with van der Waals surface area (Å²) in [4.78, 5) is 23.9. The van der Waals surface area contributed by atoms with Crippen molar-refractivity contribution in [1.29, 1.82) is 0 Å². The Balaban J connectivity index is 1.54. The van der Waals surface area contributed by atoms with Crippen LogP contribution in [-0.2, 0) is 11.2 Å². The summed E-state index contributed by atoms with van der Waals surface area (Å²) in [5, 5.41) is 16.9. The number of hydrogen-bond donors (Lipinski definition) is 2. The van der Waals surface area contributed by atoms with Gasteiger partial charge in [-0.2, -0.15) is 0 Å². The number of carboxylic acid groups (broad SMARTS) is 1. The van der Waals surface area contributed by atoms with Crippen molar-refractivity contribution in [3.8, 4) is 22.3 Å². The Morgan fingerprint density at radius 1 is 0.868 bits per heavy atom. The quantitative estimate of drug-likeness (QED) is 0.225. The largest absolute Gasteiger partial charge is 0.479 e. The molecule has 0 radical (unpaired) electrons. The second-order valence-corrected chi connectivity index (χ2v) is 10.1. The van der Waals surface area contributed by atoms with E-state index in [1.54, 1.807) is 11.3 Å². The summed E-state index contributed by atoms with van der Waals surface area (Å²) in [6.07, 6.45) is 2.34. The van der Waals surface area contributed by atoms with Gasteiger partial charge in [0.15, 0.2) is 6.04 Å². The third-order valence-corrected chi connectivity index (χ3v) is 8.07. The molecule has 0 aliphatic carbocycles. The Labute approximate surface area is 224 Å². The highest BCUT2D eigenvalue weighted by Gasteiger charge is 2.26. The van der Waals surface area contributed by atoms with E-state index in [9.17, 15) is 9.90 Å². The van der Waals surface area contributed by atoms with Crippen molar-refractivity contribution in [1.82, 2.24) is 9.97 Å². The maximum Gasteiger partial charge on any atom is 0.330 e. The van der Waals surface area contributed by atoms with Gasteiger partial charge in [0.25, 0.3) is 0 Å². The molecule has 0 aliphatic heterocycles. The summed E-state index contributed by atoms with van der Waals surface area (Å²) < 4.78 is 0. The normalized spacial score (nSPS) is 12.0. The van der Waals surface area contributed by atoms with E-state index in [0.717, 1.165) is 49.7 Å². The zero-order valence-corrected chi connectivity index (χ0v) is 21.6. The minimum atomic E-state index is -1.00. The third kappa shape index (κ3) is 4.19. The summed E-state index contributed by atoms with van der Waals surface area (Å²) in [6, 6.07) is 31.1. The molecule has 38 heavy (non-hydrogen) atoms. The molecule has 0 unspecified atom stereocenters. The lowest BCUT2D eigenvalue weighted by atomic mass is 9.94. The molecule has 6 aromatic rings. The van der Waals surface area contributed by atoms with Gasteiger partial charge < -0.3 is 10.4 Å². The number of nitrogens with one attached hydrogen (secondary N) is 1. The molecule has 0 bridgehead atoms. The van der Waals surface area contributed by atoms with Gasteiger partial charge in [0.1, 0.15) is 17.0 Å². The van der Waals surface area contributed by atoms with Crippen molar-refractivity contribution < 1.29 is 9.90 Å². The van der Waals surface area contributed by atoms with Crippen LogP contribution in [0.5, 0.6) is 0 Å². The number of aryl methyl sites for hydroxylation is 1. The van der Waals surface area contributed by atoms with Gasteiger partial charge >= 0.3 is 5.97 Å². The Morgan fingerprint density at radius 2 is 1.58 bits per heavy atom. The second kappa shape index (κ2) is 10.1. The summed E-state index contributed by atoms with van der Waals surface area (Å²) in [7, 11) is 0. The molecule has 2 heterocycles. The lowest BCUT2D eigenvalue weighted by Gasteiger charge is -2.20. The van der Waals surface area contributed by atoms with Gasteiger partial charge in [0.05, 0.1) is 5.39 Å². The summed E-state index contributed by atoms with van der Waals surface area (Å²) in [5.74, 6) is -0.457. The Morgan fingerprint density at radius 3 is 2.39 bits per heavy atom. The first-order valence-electron chi connectivity index (χ1n) is 12.5. The molecule has 186 valence electrons. The zero-order valence-electron chi connectivity index (χ0n) is 20.8. The van der Waals surface area contributed by atoms with Gasteiger partial charge in [-0.1, -0.05) is 104 Å². The van der Waals surface area contributed by atoms with Crippen molar-refractivity contribution in [2.75, 3.05) is 5.32 Å². The van der Waals surface area contributed by atoms with E-state index in [-0.39, 0.29) is 0 Å². The highest BCUT2D eigenvalue weighted by molar-refractivity contribution is 7.19. The fourth-order valence-electron chi connectivity index (χ4n) is 5.10. The molecular formula is C32H25N3O2S. The maximum atomic E-state index is 12.7. The Hall–Kier alpha value is -4.55. The summed E-state index contributed by atoms with van der Waals surface area (Å²) in [6.45, 7) is 2.13. The molecule has 0 fully saturated rings. The third-order valence-electron chi connectivity index (χ3n) is 6.83. The minimum absolute atomic E-state index is 0.518. The molecule has 2 N–H and O–H groups in total. The first-order chi connectivity index (χ1) is 18.7. The predicted molar refractivity (Wildman–Crippen MR) is 156 cm³/mol. The number of carboxylic acids is 1. The number of thiophene rings is 1. The number of benzene rings is 4. The Kier molecular flexibility index (Phi) is 6.32. The van der Waals surface area contributed by atoms with Crippen LogP contribution >= 0.6 is 11.3 Å². The average molecular weight is 516 g/mol. The van der Waals surface area contributed by atoms with Crippen molar-refractivity contribution in [3.05, 3.63) is 114 Å². The molecular weight excluding hydrogens is 490 g/mol. The molecule has 6 heteroatoms. The second-order valence-electron chi connectivity index (χ2n) is 9.05. The van der Waals surface area contributed by atoms with Crippen LogP contribution in [0.2, 0.25) is 0 Å². The monoisotopic (exact) mass is 515 g/mol. The van der Waals surface area contributed by atoms with E-state index >= 15 is 0 Å². The van der Waals surface area contributed by atoms with E-state index < -0.39 is 12.0 Å². The van der Waals surface area contributed by atoms with Crippen LogP contribution in [0.1, 0.15) is 23.4 Å². The lowest BCUT2D eigenvalue weighted by Crippen LogP contribution is -2.22. The smallest absolute Gasteiger partial charge is 0.330 e. The highest BCUT2D eigenvalue weighted by Crippen LogP contribution is 2.44. The minimum Gasteiger partial charge on any atom is -0.479 e. The number of nitrogens with zero attached hydrogens (tertiary/aromatic N) is 2. The first-order valence-corrected chi connectivity index (χ1v) is 13.4. The zero-order chi connectivity index (χ0) is 26.1. The number of aromatic nitrogens is 2. The van der Waals surface area contributed by atoms with E-state index in [4.69, 9.17) is 0 Å². The SMILES string of the molecule is CCc1sc2ncnc(N[C@@H](C(=O)O)c3ccccc3-c3ccccc3)c2c1-c1cccc2ccccc12. The van der Waals surface area contributed by atoms with Gasteiger partial charge in [0.2, 0.25) is 0 Å². The lowest BCUT2D eigenvalue weighted by molar-refractivity contribution is -0.138. The fourth-order valence-corrected chi connectivity index (χ4v) is 6.20. The molecule has 0 aliphatic rings. The van der Waals surface area contributed by atoms with Crippen LogP contribution in [-0.4, -0.2) is 21.0 Å². The first kappa shape index (κ1) is 23.8. The number of fused-ring (bicyclic) bond motifs is 2. The van der Waals surface area contributed by atoms with Gasteiger partial charge in [-0.15, -0.1) is 11.3 Å². The van der Waals surface area contributed by atoms with Gasteiger partial charge in [-0.25, -0.2) is 14.8 Å². The number of aliphatic carboxylic acids is 1. The maximum absolute atomic E-state index is 12.7. The van der Waals surface area contributed by atoms with E-state index in [2.05, 4.69) is 52.5 Å². The van der Waals surface area contributed by atoms with Crippen molar-refractivity contribution >= 4 is 44.1 Å². The number of hydrogen-bond acceptors (Lipinski definition) is 5. The van der Waals surface area contributed by atoms with Crippen LogP contribution in [0, 0.1) is 0 Å².